The predicted molar refractivity (Wildman–Crippen MR) is 97.6 cm³/mol. The fraction of sp³-hybridized carbons (Fsp3) is 0.200. The van der Waals surface area contributed by atoms with E-state index >= 15 is 0 Å². The van der Waals surface area contributed by atoms with Gasteiger partial charge in [-0.3, -0.25) is 9.48 Å². The van der Waals surface area contributed by atoms with Crippen molar-refractivity contribution in [2.75, 3.05) is 0 Å². The summed E-state index contributed by atoms with van der Waals surface area (Å²) in [5, 5.41) is 15.9. The number of benzene rings is 2. The van der Waals surface area contributed by atoms with Gasteiger partial charge in [0.05, 0.1) is 17.0 Å². The highest BCUT2D eigenvalue weighted by Gasteiger charge is 2.15. The van der Waals surface area contributed by atoms with Crippen molar-refractivity contribution in [2.24, 2.45) is 7.05 Å². The van der Waals surface area contributed by atoms with Gasteiger partial charge >= 0.3 is 0 Å². The second kappa shape index (κ2) is 5.57. The smallest absolute Gasteiger partial charge is 0.193 e. The highest BCUT2D eigenvalue weighted by atomic mass is 16.3. The average Bonchev–Trinajstić information content (AvgIpc) is 2.93. The Morgan fingerprint density at radius 1 is 1.20 bits per heavy atom. The molecule has 5 nitrogen and oxygen atoms in total. The Morgan fingerprint density at radius 3 is 2.76 bits per heavy atom. The Morgan fingerprint density at radius 2 is 2.00 bits per heavy atom. The number of hydrogen-bond acceptors (Lipinski definition) is 4. The van der Waals surface area contributed by atoms with Crippen LogP contribution in [0.3, 0.4) is 0 Å². The molecular weight excluding hydrogens is 316 g/mol. The molecule has 0 amide bonds. The molecule has 0 bridgehead atoms. The summed E-state index contributed by atoms with van der Waals surface area (Å²) in [5.41, 5.74) is 3.55. The zero-order chi connectivity index (χ0) is 17.7. The quantitative estimate of drug-likeness (QED) is 0.607. The van der Waals surface area contributed by atoms with Gasteiger partial charge in [0.15, 0.2) is 5.43 Å². The Kier molecular flexibility index (Phi) is 3.47. The molecule has 4 aromatic rings. The number of aliphatic hydroxyl groups is 1. The molecule has 0 aliphatic carbocycles. The van der Waals surface area contributed by atoms with E-state index in [0.717, 1.165) is 22.0 Å². The highest BCUT2D eigenvalue weighted by Crippen LogP contribution is 2.29. The molecule has 25 heavy (non-hydrogen) atoms. The van der Waals surface area contributed by atoms with Crippen LogP contribution in [0.5, 0.6) is 0 Å². The fourth-order valence-corrected chi connectivity index (χ4v) is 3.19. The summed E-state index contributed by atoms with van der Waals surface area (Å²) in [4.78, 5) is 12.6. The molecule has 4 rings (SSSR count). The van der Waals surface area contributed by atoms with Gasteiger partial charge in [-0.15, -0.1) is 0 Å². The van der Waals surface area contributed by atoms with Crippen LogP contribution in [0.4, 0.5) is 0 Å². The number of nitrogens with zero attached hydrogens (tertiary/aromatic N) is 2. The zero-order valence-electron chi connectivity index (χ0n) is 14.3. The average molecular weight is 334 g/mol. The molecule has 5 heteroatoms. The van der Waals surface area contributed by atoms with Crippen molar-refractivity contribution in [2.45, 2.75) is 20.0 Å². The first-order valence-electron chi connectivity index (χ1n) is 8.12. The molecule has 1 unspecified atom stereocenters. The van der Waals surface area contributed by atoms with Crippen molar-refractivity contribution in [1.82, 2.24) is 9.78 Å². The van der Waals surface area contributed by atoms with Crippen LogP contribution in [-0.2, 0) is 7.05 Å². The molecule has 2 aromatic heterocycles. The lowest BCUT2D eigenvalue weighted by Crippen LogP contribution is -2.04. The SMILES string of the molecule is Cc1cc(C(C)O)c2oc(-c3ccc4nn(C)cc4c3)cc(=O)c2c1. The van der Waals surface area contributed by atoms with Gasteiger partial charge < -0.3 is 9.52 Å². The number of rotatable bonds is 2. The van der Waals surface area contributed by atoms with Gasteiger partial charge in [-0.05, 0) is 49.7 Å². The Labute approximate surface area is 144 Å². The molecule has 0 aliphatic heterocycles. The maximum atomic E-state index is 12.6. The van der Waals surface area contributed by atoms with E-state index < -0.39 is 6.10 Å². The summed E-state index contributed by atoms with van der Waals surface area (Å²) < 4.78 is 7.79. The third kappa shape index (κ3) is 2.62. The first kappa shape index (κ1) is 15.6. The molecule has 2 aromatic carbocycles. The van der Waals surface area contributed by atoms with Crippen molar-refractivity contribution >= 4 is 21.9 Å². The van der Waals surface area contributed by atoms with Crippen molar-refractivity contribution in [3.05, 3.63) is 63.9 Å². The van der Waals surface area contributed by atoms with Gasteiger partial charge in [0.25, 0.3) is 0 Å². The summed E-state index contributed by atoms with van der Waals surface area (Å²) in [7, 11) is 1.87. The summed E-state index contributed by atoms with van der Waals surface area (Å²) in [6.07, 6.45) is 1.20. The minimum Gasteiger partial charge on any atom is -0.455 e. The molecule has 0 saturated heterocycles. The summed E-state index contributed by atoms with van der Waals surface area (Å²) in [5.74, 6) is 0.481. The van der Waals surface area contributed by atoms with E-state index in [1.165, 1.54) is 6.07 Å². The van der Waals surface area contributed by atoms with Crippen molar-refractivity contribution in [3.63, 3.8) is 0 Å². The molecule has 0 spiro atoms. The molecule has 0 saturated carbocycles. The van der Waals surface area contributed by atoms with E-state index in [9.17, 15) is 9.90 Å². The predicted octanol–water partition coefficient (Wildman–Crippen LogP) is 3.71. The van der Waals surface area contributed by atoms with Gasteiger partial charge in [0.2, 0.25) is 0 Å². The Bertz CT molecular complexity index is 1170. The van der Waals surface area contributed by atoms with Crippen LogP contribution >= 0.6 is 0 Å². The Balaban J connectivity index is 1.99. The van der Waals surface area contributed by atoms with E-state index in [2.05, 4.69) is 5.10 Å². The third-order valence-electron chi connectivity index (χ3n) is 4.36. The Hall–Kier alpha value is -2.92. The first-order chi connectivity index (χ1) is 11.9. The van der Waals surface area contributed by atoms with E-state index in [-0.39, 0.29) is 5.43 Å². The standard InChI is InChI=1S/C20H18N2O3/c1-11-6-15(12(2)23)20-16(7-11)18(24)9-19(25-20)13-4-5-17-14(8-13)10-22(3)21-17/h4-10,12,23H,1-3H3. The van der Waals surface area contributed by atoms with Crippen LogP contribution in [-0.4, -0.2) is 14.9 Å². The van der Waals surface area contributed by atoms with Gasteiger partial charge in [-0.2, -0.15) is 5.10 Å². The summed E-state index contributed by atoms with van der Waals surface area (Å²) in [6, 6.07) is 10.9. The number of hydrogen-bond donors (Lipinski definition) is 1. The molecular formula is C20H18N2O3. The number of aryl methyl sites for hydroxylation is 2. The minimum atomic E-state index is -0.721. The fourth-order valence-electron chi connectivity index (χ4n) is 3.19. The number of aromatic nitrogens is 2. The first-order valence-corrected chi connectivity index (χ1v) is 8.12. The van der Waals surface area contributed by atoms with Crippen LogP contribution in [0, 0.1) is 6.92 Å². The largest absolute Gasteiger partial charge is 0.455 e. The van der Waals surface area contributed by atoms with Crippen molar-refractivity contribution in [3.8, 4) is 11.3 Å². The topological polar surface area (TPSA) is 68.3 Å². The van der Waals surface area contributed by atoms with Crippen LogP contribution in [0.1, 0.15) is 24.2 Å². The van der Waals surface area contributed by atoms with Crippen LogP contribution in [0.25, 0.3) is 33.2 Å². The van der Waals surface area contributed by atoms with Gasteiger partial charge in [-0.25, -0.2) is 0 Å². The van der Waals surface area contributed by atoms with E-state index in [0.29, 0.717) is 22.3 Å². The molecule has 0 radical (unpaired) electrons. The van der Waals surface area contributed by atoms with Gasteiger partial charge in [-0.1, -0.05) is 0 Å². The van der Waals surface area contributed by atoms with Crippen LogP contribution in [0.2, 0.25) is 0 Å². The van der Waals surface area contributed by atoms with Crippen molar-refractivity contribution < 1.29 is 9.52 Å². The van der Waals surface area contributed by atoms with E-state index in [4.69, 9.17) is 4.42 Å². The maximum Gasteiger partial charge on any atom is 0.193 e. The van der Waals surface area contributed by atoms with Crippen LogP contribution < -0.4 is 5.43 Å². The molecule has 126 valence electrons. The zero-order valence-corrected chi connectivity index (χ0v) is 14.3. The second-order valence-corrected chi connectivity index (χ2v) is 6.46. The van der Waals surface area contributed by atoms with Gasteiger partial charge in [0.1, 0.15) is 11.3 Å². The van der Waals surface area contributed by atoms with Crippen LogP contribution in [0.15, 0.2) is 51.8 Å². The molecule has 1 atom stereocenters. The highest BCUT2D eigenvalue weighted by molar-refractivity contribution is 5.86. The maximum absolute atomic E-state index is 12.6. The minimum absolute atomic E-state index is 0.117. The molecule has 0 fully saturated rings. The molecule has 2 heterocycles. The van der Waals surface area contributed by atoms with E-state index in [1.807, 2.05) is 44.4 Å². The second-order valence-electron chi connectivity index (χ2n) is 6.46. The lowest BCUT2D eigenvalue weighted by atomic mass is 10.0. The van der Waals surface area contributed by atoms with Gasteiger partial charge in [0, 0.05) is 35.8 Å². The van der Waals surface area contributed by atoms with E-state index in [1.54, 1.807) is 17.7 Å². The molecule has 1 N–H and O–H groups in total. The summed E-state index contributed by atoms with van der Waals surface area (Å²) in [6.45, 7) is 3.57. The van der Waals surface area contributed by atoms with Crippen molar-refractivity contribution in [1.29, 1.82) is 0 Å². The molecule has 0 aliphatic rings. The number of fused-ring (bicyclic) bond motifs is 2. The monoisotopic (exact) mass is 334 g/mol. The lowest BCUT2D eigenvalue weighted by Gasteiger charge is -2.11. The third-order valence-corrected chi connectivity index (χ3v) is 4.36. The summed E-state index contributed by atoms with van der Waals surface area (Å²) >= 11 is 0. The lowest BCUT2D eigenvalue weighted by molar-refractivity contribution is 0.199. The normalized spacial score (nSPS) is 12.8. The number of aliphatic hydroxyl groups excluding tert-OH is 1.